The van der Waals surface area contributed by atoms with Crippen LogP contribution < -0.4 is 10.7 Å². The van der Waals surface area contributed by atoms with Crippen molar-refractivity contribution in [1.29, 1.82) is 0 Å². The van der Waals surface area contributed by atoms with Gasteiger partial charge in [-0.25, -0.2) is 9.78 Å². The van der Waals surface area contributed by atoms with E-state index in [0.717, 1.165) is 16.7 Å². The van der Waals surface area contributed by atoms with Gasteiger partial charge in [0.2, 0.25) is 0 Å². The topological polar surface area (TPSA) is 81.4 Å². The summed E-state index contributed by atoms with van der Waals surface area (Å²) in [7, 11) is 0. The molecule has 4 rings (SSSR count). The molecule has 2 aromatic carbocycles. The van der Waals surface area contributed by atoms with E-state index in [0.29, 0.717) is 28.0 Å². The molecule has 0 aliphatic heterocycles. The Balaban J connectivity index is 1.82. The van der Waals surface area contributed by atoms with E-state index < -0.39 is 11.6 Å². The maximum Gasteiger partial charge on any atom is 0.359 e. The van der Waals surface area contributed by atoms with Crippen LogP contribution in [0.4, 0.5) is 5.69 Å². The summed E-state index contributed by atoms with van der Waals surface area (Å²) in [6.07, 6.45) is 0. The number of halogens is 1. The molecule has 6 nitrogen and oxygen atoms in total. The number of nitrogens with one attached hydrogen (secondary N) is 1. The second kappa shape index (κ2) is 9.78. The molecule has 4 aromatic rings. The first-order valence-corrected chi connectivity index (χ1v) is 12.1. The number of hydrogen-bond donors (Lipinski definition) is 1. The number of fused-ring (bicyclic) bond motifs is 1. The lowest BCUT2D eigenvalue weighted by Crippen LogP contribution is -2.25. The van der Waals surface area contributed by atoms with Crippen molar-refractivity contribution < 1.29 is 13.9 Å². The van der Waals surface area contributed by atoms with Crippen molar-refractivity contribution >= 4 is 34.2 Å². The fourth-order valence-electron chi connectivity index (χ4n) is 4.10. The number of aromatic nitrogens is 1. The number of hydrogen-bond acceptors (Lipinski definition) is 6. The zero-order valence-corrected chi connectivity index (χ0v) is 22.0. The molecule has 186 valence electrons. The van der Waals surface area contributed by atoms with Crippen LogP contribution in [-0.2, 0) is 4.74 Å². The van der Waals surface area contributed by atoms with Gasteiger partial charge in [0.25, 0.3) is 0 Å². The van der Waals surface area contributed by atoms with Crippen molar-refractivity contribution in [2.45, 2.75) is 53.2 Å². The van der Waals surface area contributed by atoms with Gasteiger partial charge in [-0.05, 0) is 65.3 Å². The Bertz CT molecular complexity index is 1500. The second-order valence-electron chi connectivity index (χ2n) is 9.88. The van der Waals surface area contributed by atoms with Crippen molar-refractivity contribution in [2.75, 3.05) is 5.32 Å². The summed E-state index contributed by atoms with van der Waals surface area (Å²) in [6.45, 7) is 11.0. The molecule has 0 bridgehead atoms. The lowest BCUT2D eigenvalue weighted by atomic mass is 9.98. The third-order valence-corrected chi connectivity index (χ3v) is 5.93. The summed E-state index contributed by atoms with van der Waals surface area (Å²) < 4.78 is 11.9. The van der Waals surface area contributed by atoms with E-state index in [9.17, 15) is 9.59 Å². The van der Waals surface area contributed by atoms with Crippen molar-refractivity contribution in [2.24, 2.45) is 0 Å². The van der Waals surface area contributed by atoms with Gasteiger partial charge in [-0.15, -0.1) is 0 Å². The normalized spacial score (nSPS) is 12.4. The number of nitrogens with zero attached hydrogens (tertiary/aromatic N) is 1. The molecule has 1 atom stereocenters. The predicted octanol–water partition coefficient (Wildman–Crippen LogP) is 7.25. The fourth-order valence-corrected chi connectivity index (χ4v) is 4.25. The van der Waals surface area contributed by atoms with Gasteiger partial charge in [0.1, 0.15) is 22.1 Å². The molecule has 0 fully saturated rings. The van der Waals surface area contributed by atoms with Gasteiger partial charge in [0.05, 0.1) is 17.1 Å². The van der Waals surface area contributed by atoms with Crippen LogP contribution in [0.5, 0.6) is 0 Å². The van der Waals surface area contributed by atoms with Gasteiger partial charge in [0, 0.05) is 16.7 Å². The Morgan fingerprint density at radius 3 is 2.44 bits per heavy atom. The lowest BCUT2D eigenvalue weighted by molar-refractivity contribution is 0.00640. The molecule has 1 unspecified atom stereocenters. The molecule has 0 aliphatic carbocycles. The van der Waals surface area contributed by atoms with Crippen LogP contribution >= 0.6 is 11.6 Å². The van der Waals surface area contributed by atoms with Crippen LogP contribution in [0.2, 0.25) is 5.15 Å². The van der Waals surface area contributed by atoms with Crippen LogP contribution in [-0.4, -0.2) is 16.6 Å². The lowest BCUT2D eigenvalue weighted by Gasteiger charge is -2.22. The second-order valence-corrected chi connectivity index (χ2v) is 10.3. The van der Waals surface area contributed by atoms with Gasteiger partial charge in [-0.3, -0.25) is 4.79 Å². The molecule has 2 aromatic heterocycles. The third-order valence-electron chi connectivity index (χ3n) is 5.72. The third kappa shape index (κ3) is 5.29. The van der Waals surface area contributed by atoms with E-state index in [1.807, 2.05) is 56.3 Å². The van der Waals surface area contributed by atoms with E-state index in [1.165, 1.54) is 0 Å². The molecule has 0 saturated heterocycles. The van der Waals surface area contributed by atoms with E-state index in [1.54, 1.807) is 39.8 Å². The van der Waals surface area contributed by atoms with E-state index in [4.69, 9.17) is 20.8 Å². The highest BCUT2D eigenvalue weighted by molar-refractivity contribution is 6.29. The maximum absolute atomic E-state index is 13.4. The van der Waals surface area contributed by atoms with Crippen molar-refractivity contribution in [3.63, 3.8) is 0 Å². The van der Waals surface area contributed by atoms with Crippen LogP contribution in [0.25, 0.3) is 22.3 Å². The number of benzene rings is 2. The average molecular weight is 505 g/mol. The predicted molar refractivity (Wildman–Crippen MR) is 144 cm³/mol. The summed E-state index contributed by atoms with van der Waals surface area (Å²) in [4.78, 5) is 30.4. The monoisotopic (exact) mass is 504 g/mol. The van der Waals surface area contributed by atoms with E-state index >= 15 is 0 Å². The highest BCUT2D eigenvalue weighted by Gasteiger charge is 2.24. The standard InChI is InChI=1S/C29H29ClN2O4/c1-16-14-20(18(3)31-22-12-13-23(30)32-24(22)28(34)36-29(4,5)6)27-21(15-16)25(33)17(2)26(35-27)19-10-8-7-9-11-19/h7-15,18,31H,1-6H3. The fraction of sp³-hybridized carbons (Fsp3) is 0.276. The molecule has 0 aliphatic rings. The number of ether oxygens (including phenoxy) is 1. The zero-order valence-electron chi connectivity index (χ0n) is 21.2. The number of carbonyl (C=O) groups excluding carboxylic acids is 1. The Hall–Kier alpha value is -3.64. The van der Waals surface area contributed by atoms with Gasteiger partial charge in [-0.2, -0.15) is 0 Å². The molecule has 0 radical (unpaired) electrons. The zero-order chi connectivity index (χ0) is 26.2. The SMILES string of the molecule is Cc1cc(C(C)Nc2ccc(Cl)nc2C(=O)OC(C)(C)C)c2oc(-c3ccccc3)c(C)c(=O)c2c1. The Morgan fingerprint density at radius 1 is 1.08 bits per heavy atom. The van der Waals surface area contributed by atoms with Crippen LogP contribution in [0, 0.1) is 13.8 Å². The molecule has 7 heteroatoms. The summed E-state index contributed by atoms with van der Waals surface area (Å²) in [5.74, 6) is -0.0460. The quantitative estimate of drug-likeness (QED) is 0.227. The molecule has 2 heterocycles. The average Bonchev–Trinajstić information content (AvgIpc) is 2.81. The van der Waals surface area contributed by atoms with Gasteiger partial charge < -0.3 is 14.5 Å². The number of pyridine rings is 1. The molecule has 36 heavy (non-hydrogen) atoms. The first kappa shape index (κ1) is 25.5. The number of carbonyl (C=O) groups is 1. The van der Waals surface area contributed by atoms with Crippen molar-refractivity contribution in [3.05, 3.63) is 92.4 Å². The molecule has 0 amide bonds. The summed E-state index contributed by atoms with van der Waals surface area (Å²) >= 11 is 6.10. The molecule has 1 N–H and O–H groups in total. The van der Waals surface area contributed by atoms with Gasteiger partial charge >= 0.3 is 5.97 Å². The Kier molecular flexibility index (Phi) is 6.92. The first-order valence-electron chi connectivity index (χ1n) is 11.7. The van der Waals surface area contributed by atoms with Crippen molar-refractivity contribution in [3.8, 4) is 11.3 Å². The van der Waals surface area contributed by atoms with E-state index in [-0.39, 0.29) is 22.3 Å². The molecule has 0 spiro atoms. The minimum atomic E-state index is -0.689. The first-order chi connectivity index (χ1) is 16.9. The molecular weight excluding hydrogens is 476 g/mol. The summed E-state index contributed by atoms with van der Waals surface area (Å²) in [6, 6.07) is 16.3. The minimum absolute atomic E-state index is 0.0742. The molecular formula is C29H29ClN2O4. The smallest absolute Gasteiger partial charge is 0.359 e. The number of aryl methyl sites for hydroxylation is 1. The summed E-state index contributed by atoms with van der Waals surface area (Å²) in [5.41, 5.74) is 3.38. The minimum Gasteiger partial charge on any atom is -0.455 e. The Morgan fingerprint density at radius 2 is 1.78 bits per heavy atom. The highest BCUT2D eigenvalue weighted by Crippen LogP contribution is 2.33. The largest absolute Gasteiger partial charge is 0.455 e. The Labute approximate surface area is 215 Å². The number of rotatable bonds is 5. The van der Waals surface area contributed by atoms with E-state index in [2.05, 4.69) is 10.3 Å². The van der Waals surface area contributed by atoms with Crippen LogP contribution in [0.3, 0.4) is 0 Å². The maximum atomic E-state index is 13.4. The number of anilines is 1. The van der Waals surface area contributed by atoms with Crippen LogP contribution in [0.15, 0.2) is 63.8 Å². The number of esters is 1. The van der Waals surface area contributed by atoms with Crippen molar-refractivity contribution in [1.82, 2.24) is 4.98 Å². The van der Waals surface area contributed by atoms with Gasteiger partial charge in [0.15, 0.2) is 11.1 Å². The van der Waals surface area contributed by atoms with Crippen LogP contribution in [0.1, 0.15) is 60.9 Å². The van der Waals surface area contributed by atoms with Gasteiger partial charge in [-0.1, -0.05) is 48.0 Å². The summed E-state index contributed by atoms with van der Waals surface area (Å²) in [5, 5.41) is 4.05. The molecule has 0 saturated carbocycles. The highest BCUT2D eigenvalue weighted by atomic mass is 35.5.